The Bertz CT molecular complexity index is 1380. The number of rotatable bonds is 7. The minimum atomic E-state index is -2.56. The van der Waals surface area contributed by atoms with Crippen molar-refractivity contribution in [1.29, 1.82) is 0 Å². The van der Waals surface area contributed by atoms with Gasteiger partial charge in [0.2, 0.25) is 0 Å². The number of likely N-dealkylation sites (tertiary alicyclic amines) is 1. The fraction of sp³-hybridized carbons (Fsp3) is 0.520. The number of aromatic nitrogens is 2. The number of pyridine rings is 1. The number of thiophene rings is 1. The number of carbonyl (C=O) groups excluding carboxylic acids is 1. The highest BCUT2D eigenvalue weighted by Gasteiger charge is 2.29. The molecule has 4 rings (SSSR count). The molecule has 1 amide bonds. The number of fused-ring (bicyclic) bond motifs is 1. The summed E-state index contributed by atoms with van der Waals surface area (Å²) in [5.41, 5.74) is 2.15. The van der Waals surface area contributed by atoms with Gasteiger partial charge in [0.15, 0.2) is 0 Å². The molecule has 8 nitrogen and oxygen atoms in total. The van der Waals surface area contributed by atoms with Gasteiger partial charge in [-0.2, -0.15) is 0 Å². The minimum Gasteiger partial charge on any atom is -0.490 e. The Labute approximate surface area is 210 Å². The zero-order valence-electron chi connectivity index (χ0n) is 21.5. The Morgan fingerprint density at radius 3 is 2.66 bits per heavy atom. The average Bonchev–Trinajstić information content (AvgIpc) is 3.46. The molecule has 0 aromatic carbocycles. The summed E-state index contributed by atoms with van der Waals surface area (Å²) >= 11 is 1.46. The van der Waals surface area contributed by atoms with E-state index >= 15 is 0 Å². The molecule has 1 aliphatic rings. The zero-order valence-corrected chi connectivity index (χ0v) is 23.2. The lowest BCUT2D eigenvalue weighted by Gasteiger charge is -2.20. The second kappa shape index (κ2) is 9.60. The van der Waals surface area contributed by atoms with E-state index in [9.17, 15) is 14.2 Å². The van der Waals surface area contributed by atoms with Crippen molar-refractivity contribution in [3.05, 3.63) is 33.9 Å². The van der Waals surface area contributed by atoms with Gasteiger partial charge in [0.1, 0.15) is 30.7 Å². The lowest BCUT2D eigenvalue weighted by Crippen LogP contribution is -2.30. The van der Waals surface area contributed by atoms with Crippen LogP contribution in [0.3, 0.4) is 0 Å². The maximum atomic E-state index is 13.2. The molecule has 35 heavy (non-hydrogen) atoms. The average molecular weight is 519 g/mol. The molecular weight excluding hydrogens is 483 g/mol. The Balaban J connectivity index is 1.88. The maximum Gasteiger partial charge on any atom is 0.274 e. The standard InChI is InChI=1S/C25H35N4O4PS/c1-14(2)26-23(30)19-11-17-18(12-29(5)24(31)20(17)27-19)22-21(15(3)25(35-22)34(6,7)32)33-13-16-9-8-10-28(16)4/h11-12,14,16,27H,8-10,13H2,1-7H3,(H,26,30). The maximum absolute atomic E-state index is 13.2. The van der Waals surface area contributed by atoms with E-state index in [-0.39, 0.29) is 17.5 Å². The van der Waals surface area contributed by atoms with Gasteiger partial charge in [0.25, 0.3) is 11.5 Å². The van der Waals surface area contributed by atoms with Gasteiger partial charge in [-0.25, -0.2) is 0 Å². The van der Waals surface area contributed by atoms with E-state index in [0.29, 0.717) is 35.0 Å². The van der Waals surface area contributed by atoms with E-state index in [2.05, 4.69) is 22.2 Å². The molecular formula is C25H35N4O4PS. The molecule has 4 heterocycles. The number of nitrogens with one attached hydrogen (secondary N) is 2. The van der Waals surface area contributed by atoms with Crippen LogP contribution in [-0.4, -0.2) is 66.0 Å². The van der Waals surface area contributed by atoms with E-state index in [0.717, 1.165) is 40.0 Å². The number of H-pyrrole nitrogens is 1. The molecule has 0 spiro atoms. The molecule has 1 aliphatic heterocycles. The molecule has 2 N–H and O–H groups in total. The summed E-state index contributed by atoms with van der Waals surface area (Å²) < 4.78 is 21.9. The van der Waals surface area contributed by atoms with Crippen LogP contribution >= 0.6 is 18.5 Å². The van der Waals surface area contributed by atoms with Crippen molar-refractivity contribution in [3.8, 4) is 16.2 Å². The Hall–Kier alpha value is -2.35. The highest BCUT2D eigenvalue weighted by molar-refractivity contribution is 7.76. The van der Waals surface area contributed by atoms with Crippen LogP contribution in [-0.2, 0) is 11.6 Å². The summed E-state index contributed by atoms with van der Waals surface area (Å²) in [6, 6.07) is 2.03. The molecule has 1 fully saturated rings. The van der Waals surface area contributed by atoms with Gasteiger partial charge < -0.3 is 29.1 Å². The Kier molecular flexibility index (Phi) is 7.06. The van der Waals surface area contributed by atoms with Crippen LogP contribution in [0.5, 0.6) is 5.75 Å². The second-order valence-electron chi connectivity index (χ2n) is 10.2. The lowest BCUT2D eigenvalue weighted by atomic mass is 10.1. The quantitative estimate of drug-likeness (QED) is 0.465. The first-order valence-electron chi connectivity index (χ1n) is 11.9. The topological polar surface area (TPSA) is 96.4 Å². The normalized spacial score (nSPS) is 17.0. The third-order valence-electron chi connectivity index (χ3n) is 6.52. The minimum absolute atomic E-state index is 0.0318. The van der Waals surface area contributed by atoms with Crippen molar-refractivity contribution in [3.63, 3.8) is 0 Å². The van der Waals surface area contributed by atoms with Gasteiger partial charge in [0, 0.05) is 41.8 Å². The molecule has 0 saturated carbocycles. The second-order valence-corrected chi connectivity index (χ2v) is 14.7. The number of aromatic amines is 1. The smallest absolute Gasteiger partial charge is 0.274 e. The number of carbonyl (C=O) groups is 1. The number of nitrogens with zero attached hydrogens (tertiary/aromatic N) is 2. The summed E-state index contributed by atoms with van der Waals surface area (Å²) in [6.07, 6.45) is 4.01. The number of ether oxygens (including phenoxy) is 1. The largest absolute Gasteiger partial charge is 0.490 e. The van der Waals surface area contributed by atoms with E-state index in [1.165, 1.54) is 15.9 Å². The molecule has 0 radical (unpaired) electrons. The summed E-state index contributed by atoms with van der Waals surface area (Å²) in [7, 11) is 1.24. The summed E-state index contributed by atoms with van der Waals surface area (Å²) in [4.78, 5) is 31.8. The van der Waals surface area contributed by atoms with Gasteiger partial charge in [0.05, 0.1) is 9.50 Å². The number of likely N-dealkylation sites (N-methyl/N-ethyl adjacent to an activating group) is 1. The summed E-state index contributed by atoms with van der Waals surface area (Å²) in [5.74, 6) is 0.447. The Morgan fingerprint density at radius 2 is 2.06 bits per heavy atom. The van der Waals surface area contributed by atoms with Crippen molar-refractivity contribution in [1.82, 2.24) is 19.8 Å². The van der Waals surface area contributed by atoms with Crippen molar-refractivity contribution in [2.75, 3.05) is 33.5 Å². The third-order valence-corrected chi connectivity index (χ3v) is 10.5. The van der Waals surface area contributed by atoms with Gasteiger partial charge >= 0.3 is 0 Å². The fourth-order valence-electron chi connectivity index (χ4n) is 4.70. The van der Waals surface area contributed by atoms with Crippen molar-refractivity contribution in [2.24, 2.45) is 7.05 Å². The predicted molar refractivity (Wildman–Crippen MR) is 144 cm³/mol. The third kappa shape index (κ3) is 4.99. The number of hydrogen-bond donors (Lipinski definition) is 2. The molecule has 1 unspecified atom stereocenters. The molecule has 3 aromatic rings. The molecule has 1 saturated heterocycles. The van der Waals surface area contributed by atoms with Crippen molar-refractivity contribution >= 4 is 39.9 Å². The fourth-order valence-corrected chi connectivity index (χ4v) is 7.78. The van der Waals surface area contributed by atoms with Gasteiger partial charge in [-0.3, -0.25) is 9.59 Å². The molecule has 0 aliphatic carbocycles. The number of hydrogen-bond acceptors (Lipinski definition) is 6. The van der Waals surface area contributed by atoms with Crippen LogP contribution in [0, 0.1) is 6.92 Å². The highest BCUT2D eigenvalue weighted by atomic mass is 32.1. The molecule has 3 aromatic heterocycles. The van der Waals surface area contributed by atoms with E-state index < -0.39 is 7.14 Å². The number of amides is 1. The summed E-state index contributed by atoms with van der Waals surface area (Å²) in [5, 5.41) is 3.52. The van der Waals surface area contributed by atoms with Gasteiger partial charge in [-0.05, 0) is 66.6 Å². The van der Waals surface area contributed by atoms with Gasteiger partial charge in [-0.15, -0.1) is 11.3 Å². The molecule has 10 heteroatoms. The SMILES string of the molecule is Cc1c(P(C)(C)=O)sc(-c2cn(C)c(=O)c3[nH]c(C(=O)NC(C)C)cc23)c1OCC1CCCN1C. The highest BCUT2D eigenvalue weighted by Crippen LogP contribution is 2.48. The van der Waals surface area contributed by atoms with E-state index in [1.807, 2.05) is 20.8 Å². The first kappa shape index (κ1) is 25.7. The van der Waals surface area contributed by atoms with Crippen molar-refractivity contribution in [2.45, 2.75) is 45.7 Å². The first-order valence-corrected chi connectivity index (χ1v) is 15.4. The van der Waals surface area contributed by atoms with Crippen molar-refractivity contribution < 1.29 is 14.1 Å². The van der Waals surface area contributed by atoms with Crippen LogP contribution in [0.2, 0.25) is 0 Å². The predicted octanol–water partition coefficient (Wildman–Crippen LogP) is 3.76. The van der Waals surface area contributed by atoms with E-state index in [1.54, 1.807) is 32.6 Å². The monoisotopic (exact) mass is 518 g/mol. The van der Waals surface area contributed by atoms with Crippen LogP contribution in [0.15, 0.2) is 17.1 Å². The Morgan fingerprint density at radius 1 is 1.34 bits per heavy atom. The summed E-state index contributed by atoms with van der Waals surface area (Å²) in [6.45, 7) is 10.9. The van der Waals surface area contributed by atoms with Crippen LogP contribution in [0.4, 0.5) is 0 Å². The number of aryl methyl sites for hydroxylation is 1. The van der Waals surface area contributed by atoms with Crippen LogP contribution in [0.25, 0.3) is 21.3 Å². The molecule has 1 atom stereocenters. The van der Waals surface area contributed by atoms with E-state index in [4.69, 9.17) is 4.74 Å². The molecule has 0 bridgehead atoms. The lowest BCUT2D eigenvalue weighted by molar-refractivity contribution is 0.0939. The van der Waals surface area contributed by atoms with Crippen LogP contribution in [0.1, 0.15) is 42.7 Å². The zero-order chi connectivity index (χ0) is 25.7. The van der Waals surface area contributed by atoms with Gasteiger partial charge in [-0.1, -0.05) is 0 Å². The first-order chi connectivity index (χ1) is 16.4. The molecule has 190 valence electrons. The van der Waals surface area contributed by atoms with Crippen LogP contribution < -0.4 is 20.2 Å².